The van der Waals surface area contributed by atoms with Gasteiger partial charge in [-0.2, -0.15) is 0 Å². The van der Waals surface area contributed by atoms with Crippen LogP contribution in [0.3, 0.4) is 0 Å². The molecule has 4 rings (SSSR count). The summed E-state index contributed by atoms with van der Waals surface area (Å²) in [6, 6.07) is 8.87. The third-order valence-corrected chi connectivity index (χ3v) is 6.68. The van der Waals surface area contributed by atoms with Gasteiger partial charge in [0.25, 0.3) is 0 Å². The fourth-order valence-corrected chi connectivity index (χ4v) is 4.92. The monoisotopic (exact) mass is 425 g/mol. The van der Waals surface area contributed by atoms with Crippen LogP contribution >= 0.6 is 0 Å². The Balaban J connectivity index is 1.77. The number of fused-ring (bicyclic) bond motifs is 3. The SMILES string of the molecule is CC1(C)NCCc2c1oc1cc(S(=O)(=O)c3cccc(OC(F)(F)F)c3)ccc21. The van der Waals surface area contributed by atoms with Crippen molar-refractivity contribution in [2.75, 3.05) is 6.54 Å². The van der Waals surface area contributed by atoms with Gasteiger partial charge in [0.1, 0.15) is 17.1 Å². The maximum atomic E-state index is 13.0. The van der Waals surface area contributed by atoms with Crippen molar-refractivity contribution < 1.29 is 30.7 Å². The van der Waals surface area contributed by atoms with Gasteiger partial charge in [0.15, 0.2) is 0 Å². The molecule has 1 aromatic heterocycles. The molecule has 1 aliphatic heterocycles. The zero-order valence-corrected chi connectivity index (χ0v) is 16.4. The van der Waals surface area contributed by atoms with Crippen LogP contribution in [-0.2, 0) is 21.8 Å². The van der Waals surface area contributed by atoms with Crippen LogP contribution in [0.1, 0.15) is 25.2 Å². The number of sulfone groups is 1. The fourth-order valence-electron chi connectivity index (χ4n) is 3.61. The molecule has 1 aliphatic rings. The maximum absolute atomic E-state index is 13.0. The summed E-state index contributed by atoms with van der Waals surface area (Å²) in [6.07, 6.45) is -4.15. The van der Waals surface area contributed by atoms with Crippen molar-refractivity contribution in [3.63, 3.8) is 0 Å². The molecule has 3 aromatic rings. The Morgan fingerprint density at radius 1 is 1.10 bits per heavy atom. The highest BCUT2D eigenvalue weighted by atomic mass is 32.2. The molecule has 0 saturated carbocycles. The molecular formula is C20H18F3NO4S. The number of hydrogen-bond donors (Lipinski definition) is 1. The first kappa shape index (κ1) is 19.8. The van der Waals surface area contributed by atoms with Gasteiger partial charge in [-0.05, 0) is 50.6 Å². The quantitative estimate of drug-likeness (QED) is 0.667. The molecule has 2 aromatic carbocycles. The van der Waals surface area contributed by atoms with Crippen LogP contribution < -0.4 is 10.1 Å². The van der Waals surface area contributed by atoms with Crippen molar-refractivity contribution in [2.24, 2.45) is 0 Å². The number of benzene rings is 2. The topological polar surface area (TPSA) is 68.5 Å². The van der Waals surface area contributed by atoms with Crippen LogP contribution in [0.5, 0.6) is 5.75 Å². The molecule has 154 valence electrons. The van der Waals surface area contributed by atoms with Gasteiger partial charge in [0.05, 0.1) is 15.3 Å². The highest BCUT2D eigenvalue weighted by molar-refractivity contribution is 7.91. The molecule has 2 heterocycles. The van der Waals surface area contributed by atoms with Gasteiger partial charge in [-0.1, -0.05) is 6.07 Å². The number of rotatable bonds is 3. The lowest BCUT2D eigenvalue weighted by Gasteiger charge is -2.29. The zero-order chi connectivity index (χ0) is 21.0. The van der Waals surface area contributed by atoms with Gasteiger partial charge in [-0.15, -0.1) is 13.2 Å². The van der Waals surface area contributed by atoms with Crippen LogP contribution in [0.2, 0.25) is 0 Å². The largest absolute Gasteiger partial charge is 0.573 e. The summed E-state index contributed by atoms with van der Waals surface area (Å²) in [4.78, 5) is -0.358. The number of furan rings is 1. The van der Waals surface area contributed by atoms with Gasteiger partial charge in [0.2, 0.25) is 9.84 Å². The summed E-state index contributed by atoms with van der Waals surface area (Å²) in [5.74, 6) is 0.162. The van der Waals surface area contributed by atoms with Gasteiger partial charge >= 0.3 is 6.36 Å². The summed E-state index contributed by atoms with van der Waals surface area (Å²) < 4.78 is 73.1. The van der Waals surface area contributed by atoms with Crippen LogP contribution in [-0.4, -0.2) is 21.3 Å². The summed E-state index contributed by atoms with van der Waals surface area (Å²) in [7, 11) is -4.06. The van der Waals surface area contributed by atoms with E-state index in [2.05, 4.69) is 10.1 Å². The van der Waals surface area contributed by atoms with E-state index in [0.29, 0.717) is 5.58 Å². The lowest BCUT2D eigenvalue weighted by Crippen LogP contribution is -2.41. The molecule has 9 heteroatoms. The van der Waals surface area contributed by atoms with E-state index < -0.39 is 21.9 Å². The Hall–Kier alpha value is -2.52. The highest BCUT2D eigenvalue weighted by Crippen LogP contribution is 2.37. The van der Waals surface area contributed by atoms with Gasteiger partial charge in [-0.25, -0.2) is 8.42 Å². The number of hydrogen-bond acceptors (Lipinski definition) is 5. The minimum atomic E-state index is -4.91. The molecule has 5 nitrogen and oxygen atoms in total. The average Bonchev–Trinajstić information content (AvgIpc) is 3.00. The smallest absolute Gasteiger partial charge is 0.459 e. The van der Waals surface area contributed by atoms with E-state index in [9.17, 15) is 21.6 Å². The van der Waals surface area contributed by atoms with Gasteiger partial charge in [-0.3, -0.25) is 0 Å². The second-order valence-electron chi connectivity index (χ2n) is 7.40. The normalized spacial score (nSPS) is 16.6. The molecule has 1 N–H and O–H groups in total. The minimum absolute atomic E-state index is 0.0639. The van der Waals surface area contributed by atoms with Crippen LogP contribution in [0.4, 0.5) is 13.2 Å². The first-order valence-electron chi connectivity index (χ1n) is 8.89. The van der Waals surface area contributed by atoms with E-state index in [-0.39, 0.29) is 15.3 Å². The van der Waals surface area contributed by atoms with Crippen LogP contribution in [0.15, 0.2) is 56.7 Å². The molecule has 0 unspecified atom stereocenters. The summed E-state index contributed by atoms with van der Waals surface area (Å²) in [5, 5.41) is 4.19. The third kappa shape index (κ3) is 3.60. The second kappa shape index (κ2) is 6.50. The number of ether oxygens (including phenoxy) is 1. The Labute approximate surface area is 165 Å². The Kier molecular flexibility index (Phi) is 4.43. The lowest BCUT2D eigenvalue weighted by atomic mass is 9.91. The van der Waals surface area contributed by atoms with E-state index in [1.165, 1.54) is 24.3 Å². The minimum Gasteiger partial charge on any atom is -0.459 e. The van der Waals surface area contributed by atoms with Crippen molar-refractivity contribution in [2.45, 2.75) is 42.0 Å². The predicted octanol–water partition coefficient (Wildman–Crippen LogP) is 4.55. The van der Waals surface area contributed by atoms with Crippen LogP contribution in [0.25, 0.3) is 11.0 Å². The van der Waals surface area contributed by atoms with E-state index in [1.807, 2.05) is 13.8 Å². The number of halogens is 3. The van der Waals surface area contributed by atoms with E-state index in [4.69, 9.17) is 4.42 Å². The fraction of sp³-hybridized carbons (Fsp3) is 0.300. The average molecular weight is 425 g/mol. The van der Waals surface area contributed by atoms with Gasteiger partial charge in [0, 0.05) is 23.6 Å². The van der Waals surface area contributed by atoms with E-state index in [1.54, 1.807) is 6.07 Å². The number of alkyl halides is 3. The van der Waals surface area contributed by atoms with Crippen molar-refractivity contribution in [3.8, 4) is 5.75 Å². The highest BCUT2D eigenvalue weighted by Gasteiger charge is 2.33. The molecule has 0 radical (unpaired) electrons. The van der Waals surface area contributed by atoms with E-state index in [0.717, 1.165) is 41.8 Å². The lowest BCUT2D eigenvalue weighted by molar-refractivity contribution is -0.274. The van der Waals surface area contributed by atoms with Gasteiger partial charge < -0.3 is 14.5 Å². The molecule has 0 bridgehead atoms. The van der Waals surface area contributed by atoms with Crippen molar-refractivity contribution in [1.29, 1.82) is 0 Å². The Morgan fingerprint density at radius 2 is 1.83 bits per heavy atom. The Morgan fingerprint density at radius 3 is 2.55 bits per heavy atom. The van der Waals surface area contributed by atoms with Crippen molar-refractivity contribution in [3.05, 3.63) is 53.8 Å². The van der Waals surface area contributed by atoms with Crippen molar-refractivity contribution in [1.82, 2.24) is 5.32 Å². The zero-order valence-electron chi connectivity index (χ0n) is 15.6. The summed E-state index contributed by atoms with van der Waals surface area (Å²) in [6.45, 7) is 4.75. The van der Waals surface area contributed by atoms with Crippen LogP contribution in [0, 0.1) is 0 Å². The molecule has 0 fully saturated rings. The molecule has 0 saturated heterocycles. The molecule has 0 spiro atoms. The number of nitrogens with one attached hydrogen (secondary N) is 1. The maximum Gasteiger partial charge on any atom is 0.573 e. The third-order valence-electron chi connectivity index (χ3n) is 4.93. The first-order chi connectivity index (χ1) is 13.5. The molecule has 0 aliphatic carbocycles. The van der Waals surface area contributed by atoms with Crippen molar-refractivity contribution >= 4 is 20.8 Å². The summed E-state index contributed by atoms with van der Waals surface area (Å²) in [5.41, 5.74) is 1.08. The van der Waals surface area contributed by atoms with E-state index >= 15 is 0 Å². The molecule has 0 amide bonds. The standard InChI is InChI=1S/C20H18F3NO4S/c1-19(2)18-16(8-9-24-19)15-7-6-14(11-17(15)27-18)29(25,26)13-5-3-4-12(10-13)28-20(21,22)23/h3-7,10-11,24H,8-9H2,1-2H3. The first-order valence-corrected chi connectivity index (χ1v) is 10.4. The molecule has 0 atom stereocenters. The summed E-state index contributed by atoms with van der Waals surface area (Å²) >= 11 is 0. The molecular weight excluding hydrogens is 407 g/mol. The predicted molar refractivity (Wildman–Crippen MR) is 99.5 cm³/mol. The molecule has 29 heavy (non-hydrogen) atoms. The Bertz CT molecular complexity index is 1200. The second-order valence-corrected chi connectivity index (χ2v) is 9.35.